The summed E-state index contributed by atoms with van der Waals surface area (Å²) in [6.07, 6.45) is 1.74. The number of aldehydes is 1. The summed E-state index contributed by atoms with van der Waals surface area (Å²) in [5, 5.41) is 7.35. The Bertz CT molecular complexity index is 949. The van der Waals surface area contributed by atoms with Crippen LogP contribution >= 0.6 is 11.6 Å². The largest absolute Gasteiger partial charge is 0.338 e. The molecule has 0 saturated carbocycles. The third-order valence-corrected chi connectivity index (χ3v) is 4.58. The van der Waals surface area contributed by atoms with Gasteiger partial charge < -0.3 is 15.2 Å². The SMILES string of the molecule is CNCCCn1c(C=O)cc2ccc(C(=O)Nc3ccccc3Cl)cc21. The van der Waals surface area contributed by atoms with Crippen molar-refractivity contribution in [1.29, 1.82) is 0 Å². The van der Waals surface area contributed by atoms with Gasteiger partial charge in [-0.15, -0.1) is 0 Å². The minimum absolute atomic E-state index is 0.240. The van der Waals surface area contributed by atoms with Crippen LogP contribution in [0.25, 0.3) is 10.9 Å². The van der Waals surface area contributed by atoms with Crippen molar-refractivity contribution in [3.05, 3.63) is 64.8 Å². The maximum Gasteiger partial charge on any atom is 0.255 e. The van der Waals surface area contributed by atoms with E-state index in [1.54, 1.807) is 18.2 Å². The number of carbonyl (C=O) groups excluding carboxylic acids is 2. The molecule has 1 amide bonds. The average Bonchev–Trinajstić information content (AvgIpc) is 3.01. The normalized spacial score (nSPS) is 10.8. The topological polar surface area (TPSA) is 63.1 Å². The number of para-hydroxylation sites is 1. The first-order valence-corrected chi connectivity index (χ1v) is 8.81. The number of aromatic nitrogens is 1. The number of aryl methyl sites for hydroxylation is 1. The Hall–Kier alpha value is -2.63. The van der Waals surface area contributed by atoms with Crippen LogP contribution < -0.4 is 10.6 Å². The lowest BCUT2D eigenvalue weighted by atomic mass is 10.1. The molecule has 0 fully saturated rings. The number of hydrogen-bond acceptors (Lipinski definition) is 3. The number of amides is 1. The van der Waals surface area contributed by atoms with Crippen molar-refractivity contribution in [2.75, 3.05) is 18.9 Å². The lowest BCUT2D eigenvalue weighted by Gasteiger charge is -2.10. The molecule has 1 aromatic heterocycles. The van der Waals surface area contributed by atoms with E-state index in [4.69, 9.17) is 11.6 Å². The molecule has 0 saturated heterocycles. The van der Waals surface area contributed by atoms with Gasteiger partial charge in [0.2, 0.25) is 0 Å². The molecule has 0 spiro atoms. The highest BCUT2D eigenvalue weighted by Crippen LogP contribution is 2.24. The van der Waals surface area contributed by atoms with Crippen molar-refractivity contribution < 1.29 is 9.59 Å². The molecule has 0 unspecified atom stereocenters. The van der Waals surface area contributed by atoms with Crippen molar-refractivity contribution >= 4 is 40.4 Å². The second-order valence-corrected chi connectivity index (χ2v) is 6.41. The van der Waals surface area contributed by atoms with Crippen LogP contribution in [0.5, 0.6) is 0 Å². The highest BCUT2D eigenvalue weighted by molar-refractivity contribution is 6.33. The van der Waals surface area contributed by atoms with Crippen molar-refractivity contribution in [2.24, 2.45) is 0 Å². The van der Waals surface area contributed by atoms with Gasteiger partial charge in [0.15, 0.2) is 6.29 Å². The highest BCUT2D eigenvalue weighted by Gasteiger charge is 2.13. The molecule has 3 aromatic rings. The molecule has 6 heteroatoms. The number of carbonyl (C=O) groups is 2. The fourth-order valence-electron chi connectivity index (χ4n) is 2.94. The molecular weight excluding hydrogens is 350 g/mol. The highest BCUT2D eigenvalue weighted by atomic mass is 35.5. The molecule has 134 valence electrons. The van der Waals surface area contributed by atoms with Gasteiger partial charge in [-0.05, 0) is 50.3 Å². The van der Waals surface area contributed by atoms with Crippen LogP contribution in [0.3, 0.4) is 0 Å². The predicted octanol–water partition coefficient (Wildman–Crippen LogP) is 3.97. The Morgan fingerprint density at radius 3 is 2.73 bits per heavy atom. The van der Waals surface area contributed by atoms with Crippen molar-refractivity contribution in [3.8, 4) is 0 Å². The summed E-state index contributed by atoms with van der Waals surface area (Å²) >= 11 is 6.11. The zero-order chi connectivity index (χ0) is 18.5. The summed E-state index contributed by atoms with van der Waals surface area (Å²) in [5.74, 6) is -0.240. The number of nitrogens with one attached hydrogen (secondary N) is 2. The quantitative estimate of drug-likeness (QED) is 0.489. The molecule has 5 nitrogen and oxygen atoms in total. The molecule has 0 radical (unpaired) electrons. The minimum Gasteiger partial charge on any atom is -0.338 e. The summed E-state index contributed by atoms with van der Waals surface area (Å²) in [5.41, 5.74) is 2.56. The molecule has 26 heavy (non-hydrogen) atoms. The molecule has 1 heterocycles. The van der Waals surface area contributed by atoms with E-state index in [9.17, 15) is 9.59 Å². The maximum absolute atomic E-state index is 12.6. The number of halogens is 1. The van der Waals surface area contributed by atoms with Gasteiger partial charge in [0, 0.05) is 23.0 Å². The third-order valence-electron chi connectivity index (χ3n) is 4.25. The van der Waals surface area contributed by atoms with E-state index in [1.165, 1.54) is 0 Å². The molecule has 0 aliphatic carbocycles. The number of nitrogens with zero attached hydrogens (tertiary/aromatic N) is 1. The van der Waals surface area contributed by atoms with Gasteiger partial charge in [0.25, 0.3) is 5.91 Å². The number of anilines is 1. The van der Waals surface area contributed by atoms with Crippen LogP contribution in [0.1, 0.15) is 27.3 Å². The van der Waals surface area contributed by atoms with Gasteiger partial charge in [-0.1, -0.05) is 29.8 Å². The van der Waals surface area contributed by atoms with Crippen LogP contribution in [0.4, 0.5) is 5.69 Å². The minimum atomic E-state index is -0.240. The molecule has 0 aliphatic rings. The summed E-state index contributed by atoms with van der Waals surface area (Å²) in [7, 11) is 1.89. The van der Waals surface area contributed by atoms with Gasteiger partial charge in [-0.25, -0.2) is 0 Å². The van der Waals surface area contributed by atoms with Crippen molar-refractivity contribution in [3.63, 3.8) is 0 Å². The van der Waals surface area contributed by atoms with Gasteiger partial charge in [-0.2, -0.15) is 0 Å². The van der Waals surface area contributed by atoms with E-state index in [0.29, 0.717) is 28.5 Å². The van der Waals surface area contributed by atoms with Crippen LogP contribution in [0, 0.1) is 0 Å². The van der Waals surface area contributed by atoms with Crippen molar-refractivity contribution in [2.45, 2.75) is 13.0 Å². The van der Waals surface area contributed by atoms with Crippen molar-refractivity contribution in [1.82, 2.24) is 9.88 Å². The summed E-state index contributed by atoms with van der Waals surface area (Å²) in [6, 6.07) is 14.4. The Morgan fingerprint density at radius 2 is 2.00 bits per heavy atom. The summed E-state index contributed by atoms with van der Waals surface area (Å²) in [4.78, 5) is 24.0. The Kier molecular flexibility index (Phi) is 5.71. The van der Waals surface area contributed by atoms with E-state index in [0.717, 1.165) is 30.2 Å². The molecule has 2 N–H and O–H groups in total. The Balaban J connectivity index is 1.92. The van der Waals surface area contributed by atoms with E-state index in [-0.39, 0.29) is 5.91 Å². The Morgan fingerprint density at radius 1 is 1.19 bits per heavy atom. The molecule has 0 atom stereocenters. The maximum atomic E-state index is 12.6. The first-order valence-electron chi connectivity index (χ1n) is 8.43. The van der Waals surface area contributed by atoms with E-state index < -0.39 is 0 Å². The molecule has 0 aliphatic heterocycles. The number of fused-ring (bicyclic) bond motifs is 1. The third kappa shape index (κ3) is 3.79. The first-order chi connectivity index (χ1) is 12.6. The second-order valence-electron chi connectivity index (χ2n) is 6.00. The lowest BCUT2D eigenvalue weighted by molar-refractivity contribution is 0.102. The predicted molar refractivity (Wildman–Crippen MR) is 105 cm³/mol. The monoisotopic (exact) mass is 369 g/mol. The average molecular weight is 370 g/mol. The van der Waals surface area contributed by atoms with E-state index >= 15 is 0 Å². The lowest BCUT2D eigenvalue weighted by Crippen LogP contribution is -2.13. The smallest absolute Gasteiger partial charge is 0.255 e. The molecule has 3 rings (SSSR count). The zero-order valence-electron chi connectivity index (χ0n) is 14.5. The van der Waals surface area contributed by atoms with E-state index in [2.05, 4.69) is 10.6 Å². The number of benzene rings is 2. The van der Waals surface area contributed by atoms with Crippen LogP contribution in [0.15, 0.2) is 48.5 Å². The summed E-state index contributed by atoms with van der Waals surface area (Å²) < 4.78 is 1.95. The van der Waals surface area contributed by atoms with E-state index in [1.807, 2.05) is 41.9 Å². The van der Waals surface area contributed by atoms with Gasteiger partial charge >= 0.3 is 0 Å². The standard InChI is InChI=1S/C20H20ClN3O2/c1-22-9-4-10-24-16(13-25)11-14-7-8-15(12-19(14)24)20(26)23-18-6-3-2-5-17(18)21/h2-3,5-8,11-13,22H,4,9-10H2,1H3,(H,23,26). The van der Waals surface area contributed by atoms with Crippen LogP contribution in [0.2, 0.25) is 5.02 Å². The summed E-state index contributed by atoms with van der Waals surface area (Å²) in [6.45, 7) is 1.55. The zero-order valence-corrected chi connectivity index (χ0v) is 15.2. The van der Waals surface area contributed by atoms with Gasteiger partial charge in [-0.3, -0.25) is 9.59 Å². The molecule has 0 bridgehead atoms. The molecular formula is C20H20ClN3O2. The fraction of sp³-hybridized carbons (Fsp3) is 0.200. The number of hydrogen-bond donors (Lipinski definition) is 2. The molecule has 2 aromatic carbocycles. The van der Waals surface area contributed by atoms with Crippen LogP contribution in [-0.2, 0) is 6.54 Å². The number of rotatable bonds is 7. The van der Waals surface area contributed by atoms with Crippen LogP contribution in [-0.4, -0.2) is 30.4 Å². The van der Waals surface area contributed by atoms with Gasteiger partial charge in [0.05, 0.1) is 16.4 Å². The Labute approximate surface area is 157 Å². The first kappa shape index (κ1) is 18.2. The fourth-order valence-corrected chi connectivity index (χ4v) is 3.12. The van der Waals surface area contributed by atoms with Gasteiger partial charge in [0.1, 0.15) is 0 Å². The second kappa shape index (κ2) is 8.17.